The molecular weight excluding hydrogens is 182 g/mol. The van der Waals surface area contributed by atoms with Crippen LogP contribution in [0.4, 0.5) is 0 Å². The Hall–Kier alpha value is -0.560. The fourth-order valence-corrected chi connectivity index (χ4v) is 1.82. The molecule has 1 saturated heterocycles. The Morgan fingerprint density at radius 1 is 1.40 bits per heavy atom. The maximum Gasteiger partial charge on any atom is 0.00672 e. The first-order valence-corrected chi connectivity index (χ1v) is 6.15. The van der Waals surface area contributed by atoms with Gasteiger partial charge >= 0.3 is 0 Å². The molecule has 0 aromatic carbocycles. The lowest BCUT2D eigenvalue weighted by atomic mass is 10.2. The zero-order valence-electron chi connectivity index (χ0n) is 11.1. The molecule has 0 aromatic rings. The predicted molar refractivity (Wildman–Crippen MR) is 70.2 cm³/mol. The van der Waals surface area contributed by atoms with E-state index in [0.29, 0.717) is 0 Å². The summed E-state index contributed by atoms with van der Waals surface area (Å²) in [5.41, 5.74) is 1.32. The second kappa shape index (κ2) is 8.72. The van der Waals surface area contributed by atoms with E-state index in [4.69, 9.17) is 0 Å². The standard InChI is InChI=1S/C7H15N.C7H12/c1-3-8-6-4-5-7(8)2;1-4-6-7(3)5-2/h7H,3-6H2,1-2H3;4-6H,1-3H3/b;6-4-,7-5-/t7-;/m1./s1. The average Bonchev–Trinajstić information content (AvgIpc) is 2.65. The fraction of sp³-hybridized carbons (Fsp3) is 0.714. The van der Waals surface area contributed by atoms with E-state index in [-0.39, 0.29) is 0 Å². The van der Waals surface area contributed by atoms with E-state index in [9.17, 15) is 0 Å². The fourth-order valence-electron chi connectivity index (χ4n) is 1.82. The van der Waals surface area contributed by atoms with E-state index in [1.807, 2.05) is 19.9 Å². The molecule has 0 aliphatic carbocycles. The van der Waals surface area contributed by atoms with Gasteiger partial charge in [0.05, 0.1) is 0 Å². The topological polar surface area (TPSA) is 3.24 Å². The third-order valence-corrected chi connectivity index (χ3v) is 2.98. The van der Waals surface area contributed by atoms with Gasteiger partial charge in [-0.15, -0.1) is 0 Å². The van der Waals surface area contributed by atoms with Crippen LogP contribution in [-0.2, 0) is 0 Å². The Morgan fingerprint density at radius 3 is 2.27 bits per heavy atom. The van der Waals surface area contributed by atoms with Crippen LogP contribution in [0.5, 0.6) is 0 Å². The summed E-state index contributed by atoms with van der Waals surface area (Å²) >= 11 is 0. The summed E-state index contributed by atoms with van der Waals surface area (Å²) in [7, 11) is 0. The number of hydrogen-bond donors (Lipinski definition) is 0. The lowest BCUT2D eigenvalue weighted by Gasteiger charge is -2.17. The van der Waals surface area contributed by atoms with Crippen LogP contribution in [-0.4, -0.2) is 24.0 Å². The van der Waals surface area contributed by atoms with E-state index in [1.165, 1.54) is 31.5 Å². The molecule has 1 heteroatoms. The maximum absolute atomic E-state index is 2.53. The Labute approximate surface area is 95.9 Å². The van der Waals surface area contributed by atoms with Crippen molar-refractivity contribution in [3.63, 3.8) is 0 Å². The molecular formula is C14H27N. The molecule has 0 unspecified atom stereocenters. The summed E-state index contributed by atoms with van der Waals surface area (Å²) in [6.45, 7) is 13.3. The highest BCUT2D eigenvalue weighted by atomic mass is 15.2. The normalized spacial score (nSPS) is 23.0. The van der Waals surface area contributed by atoms with Crippen molar-refractivity contribution in [1.29, 1.82) is 0 Å². The van der Waals surface area contributed by atoms with Gasteiger partial charge in [-0.1, -0.05) is 30.7 Å². The molecule has 1 atom stereocenters. The molecule has 0 bridgehead atoms. The van der Waals surface area contributed by atoms with E-state index in [1.54, 1.807) is 0 Å². The van der Waals surface area contributed by atoms with Crippen LogP contribution in [0.1, 0.15) is 47.5 Å². The van der Waals surface area contributed by atoms with Crippen molar-refractivity contribution in [2.24, 2.45) is 0 Å². The number of rotatable bonds is 2. The van der Waals surface area contributed by atoms with Crippen LogP contribution in [0, 0.1) is 0 Å². The van der Waals surface area contributed by atoms with Gasteiger partial charge in [-0.05, 0) is 53.6 Å². The molecule has 1 fully saturated rings. The Bertz CT molecular complexity index is 203. The van der Waals surface area contributed by atoms with Crippen molar-refractivity contribution in [3.05, 3.63) is 23.8 Å². The zero-order chi connectivity index (χ0) is 11.7. The van der Waals surface area contributed by atoms with Crippen molar-refractivity contribution < 1.29 is 0 Å². The van der Waals surface area contributed by atoms with Gasteiger partial charge in [0.2, 0.25) is 0 Å². The lowest BCUT2D eigenvalue weighted by molar-refractivity contribution is 0.284. The highest BCUT2D eigenvalue weighted by molar-refractivity contribution is 5.13. The summed E-state index contributed by atoms with van der Waals surface area (Å²) in [6.07, 6.45) is 9.03. The minimum Gasteiger partial charge on any atom is -0.301 e. The van der Waals surface area contributed by atoms with Crippen LogP contribution < -0.4 is 0 Å². The minimum absolute atomic E-state index is 0.861. The van der Waals surface area contributed by atoms with Gasteiger partial charge in [-0.3, -0.25) is 0 Å². The average molecular weight is 209 g/mol. The predicted octanol–water partition coefficient (Wildman–Crippen LogP) is 4.02. The highest BCUT2D eigenvalue weighted by Crippen LogP contribution is 2.14. The van der Waals surface area contributed by atoms with Crippen molar-refractivity contribution in [1.82, 2.24) is 4.90 Å². The largest absolute Gasteiger partial charge is 0.301 e. The summed E-state index contributed by atoms with van der Waals surface area (Å²) in [5.74, 6) is 0. The van der Waals surface area contributed by atoms with Crippen molar-refractivity contribution >= 4 is 0 Å². The van der Waals surface area contributed by atoms with Crippen molar-refractivity contribution in [2.75, 3.05) is 13.1 Å². The molecule has 0 aromatic heterocycles. The summed E-state index contributed by atoms with van der Waals surface area (Å²) in [6, 6.07) is 0.861. The van der Waals surface area contributed by atoms with E-state index in [2.05, 4.69) is 37.8 Å². The van der Waals surface area contributed by atoms with Crippen LogP contribution in [0.15, 0.2) is 23.8 Å². The second-order valence-electron chi connectivity index (χ2n) is 4.15. The first kappa shape index (κ1) is 14.4. The molecule has 1 rings (SSSR count). The Kier molecular flexibility index (Phi) is 8.40. The molecule has 0 saturated carbocycles. The van der Waals surface area contributed by atoms with Crippen LogP contribution >= 0.6 is 0 Å². The molecule has 0 N–H and O–H groups in total. The molecule has 1 nitrogen and oxygen atoms in total. The van der Waals surface area contributed by atoms with Gasteiger partial charge in [0.15, 0.2) is 0 Å². The molecule has 0 spiro atoms. The molecule has 0 amide bonds. The second-order valence-corrected chi connectivity index (χ2v) is 4.15. The molecule has 15 heavy (non-hydrogen) atoms. The number of likely N-dealkylation sites (tertiary alicyclic amines) is 1. The van der Waals surface area contributed by atoms with Gasteiger partial charge in [0, 0.05) is 6.04 Å². The van der Waals surface area contributed by atoms with Crippen molar-refractivity contribution in [3.8, 4) is 0 Å². The van der Waals surface area contributed by atoms with Gasteiger partial charge in [0.25, 0.3) is 0 Å². The Balaban J connectivity index is 0.000000265. The quantitative estimate of drug-likeness (QED) is 0.621. The maximum atomic E-state index is 2.53. The van der Waals surface area contributed by atoms with Crippen LogP contribution in [0.3, 0.4) is 0 Å². The first-order valence-electron chi connectivity index (χ1n) is 6.15. The molecule has 88 valence electrons. The van der Waals surface area contributed by atoms with Gasteiger partial charge in [-0.25, -0.2) is 0 Å². The van der Waals surface area contributed by atoms with E-state index in [0.717, 1.165) is 6.04 Å². The van der Waals surface area contributed by atoms with Gasteiger partial charge in [-0.2, -0.15) is 0 Å². The Morgan fingerprint density at radius 2 is 2.07 bits per heavy atom. The monoisotopic (exact) mass is 209 g/mol. The van der Waals surface area contributed by atoms with Crippen LogP contribution in [0.2, 0.25) is 0 Å². The first-order chi connectivity index (χ1) is 7.15. The minimum atomic E-state index is 0.861. The number of allylic oxidation sites excluding steroid dienone is 4. The zero-order valence-corrected chi connectivity index (χ0v) is 11.1. The number of nitrogens with zero attached hydrogens (tertiary/aromatic N) is 1. The number of hydrogen-bond acceptors (Lipinski definition) is 1. The lowest BCUT2D eigenvalue weighted by Crippen LogP contribution is -2.25. The molecule has 1 aliphatic heterocycles. The van der Waals surface area contributed by atoms with Crippen molar-refractivity contribution in [2.45, 2.75) is 53.5 Å². The summed E-state index contributed by atoms with van der Waals surface area (Å²) in [4.78, 5) is 2.53. The third kappa shape index (κ3) is 6.51. The molecule has 0 radical (unpaired) electrons. The smallest absolute Gasteiger partial charge is 0.00672 e. The summed E-state index contributed by atoms with van der Waals surface area (Å²) < 4.78 is 0. The SMILES string of the molecule is C/C=C\C(C)=C/C.CCN1CCC[C@H]1C. The van der Waals surface area contributed by atoms with E-state index < -0.39 is 0 Å². The van der Waals surface area contributed by atoms with Gasteiger partial charge in [0.1, 0.15) is 0 Å². The third-order valence-electron chi connectivity index (χ3n) is 2.98. The summed E-state index contributed by atoms with van der Waals surface area (Å²) in [5, 5.41) is 0. The van der Waals surface area contributed by atoms with Gasteiger partial charge < -0.3 is 4.90 Å². The van der Waals surface area contributed by atoms with Crippen LogP contribution in [0.25, 0.3) is 0 Å². The van der Waals surface area contributed by atoms with E-state index >= 15 is 0 Å². The molecule has 1 heterocycles. The highest BCUT2D eigenvalue weighted by Gasteiger charge is 2.16. The molecule has 1 aliphatic rings.